The summed E-state index contributed by atoms with van der Waals surface area (Å²) < 4.78 is 5.07. The Bertz CT molecular complexity index is 1160. The maximum atomic E-state index is 12.8. The molecule has 1 aliphatic heterocycles. The molecule has 0 saturated carbocycles. The van der Waals surface area contributed by atoms with Crippen molar-refractivity contribution in [1.82, 2.24) is 4.90 Å². The van der Waals surface area contributed by atoms with Crippen LogP contribution in [0.3, 0.4) is 0 Å². The second-order valence-electron chi connectivity index (χ2n) is 7.83. The first-order chi connectivity index (χ1) is 16.6. The Labute approximate surface area is 203 Å². The molecule has 1 heterocycles. The summed E-state index contributed by atoms with van der Waals surface area (Å²) in [5, 5.41) is 2.73. The number of thioether (sulfide) groups is 1. The van der Waals surface area contributed by atoms with Gasteiger partial charge in [-0.1, -0.05) is 54.6 Å². The third-order valence-electron chi connectivity index (χ3n) is 5.58. The highest BCUT2D eigenvalue weighted by molar-refractivity contribution is 8.00. The molecular weight excluding hydrogens is 448 g/mol. The summed E-state index contributed by atoms with van der Waals surface area (Å²) in [6.45, 7) is 2.64. The molecule has 7 heteroatoms. The van der Waals surface area contributed by atoms with Gasteiger partial charge in [0.05, 0.1) is 23.6 Å². The van der Waals surface area contributed by atoms with Crippen LogP contribution in [0.2, 0.25) is 0 Å². The minimum atomic E-state index is -0.479. The molecule has 0 radical (unpaired) electrons. The second kappa shape index (κ2) is 11.0. The van der Waals surface area contributed by atoms with E-state index < -0.39 is 5.97 Å². The summed E-state index contributed by atoms with van der Waals surface area (Å²) >= 11 is 1.60. The van der Waals surface area contributed by atoms with Crippen molar-refractivity contribution in [3.8, 4) is 0 Å². The number of nitrogens with zero attached hydrogens (tertiary/aromatic N) is 1. The number of carbonyl (C=O) groups excluding carboxylic acids is 3. The lowest BCUT2D eigenvalue weighted by molar-refractivity contribution is -0.128. The topological polar surface area (TPSA) is 75.7 Å². The van der Waals surface area contributed by atoms with Crippen LogP contribution in [0.25, 0.3) is 0 Å². The van der Waals surface area contributed by atoms with Crippen LogP contribution in [0.5, 0.6) is 0 Å². The molecule has 6 nitrogen and oxygen atoms in total. The molecule has 0 aliphatic carbocycles. The lowest BCUT2D eigenvalue weighted by atomic mass is 10.1. The summed E-state index contributed by atoms with van der Waals surface area (Å²) in [7, 11) is 0. The summed E-state index contributed by atoms with van der Waals surface area (Å²) in [5.74, 6) is -0.221. The lowest BCUT2D eigenvalue weighted by Gasteiger charge is -2.24. The van der Waals surface area contributed by atoms with Crippen molar-refractivity contribution in [2.45, 2.75) is 18.7 Å². The van der Waals surface area contributed by atoms with E-state index in [-0.39, 0.29) is 23.8 Å². The Hall–Kier alpha value is -3.58. The summed E-state index contributed by atoms with van der Waals surface area (Å²) in [6.07, 6.45) is 0.796. The zero-order valence-electron chi connectivity index (χ0n) is 18.9. The van der Waals surface area contributed by atoms with E-state index in [1.54, 1.807) is 55.1 Å². The van der Waals surface area contributed by atoms with Gasteiger partial charge in [0.1, 0.15) is 5.37 Å². The van der Waals surface area contributed by atoms with Gasteiger partial charge in [0.15, 0.2) is 0 Å². The molecule has 3 aromatic carbocycles. The molecular formula is C27H26N2O4S. The number of esters is 1. The van der Waals surface area contributed by atoms with Gasteiger partial charge in [0.2, 0.25) is 5.91 Å². The Balaban J connectivity index is 1.44. The maximum Gasteiger partial charge on any atom is 0.340 e. The molecule has 1 aliphatic rings. The van der Waals surface area contributed by atoms with E-state index in [1.807, 2.05) is 35.2 Å². The van der Waals surface area contributed by atoms with Crippen molar-refractivity contribution in [2.75, 3.05) is 24.2 Å². The number of anilines is 1. The number of benzene rings is 3. The van der Waals surface area contributed by atoms with E-state index in [4.69, 9.17) is 4.74 Å². The van der Waals surface area contributed by atoms with E-state index in [0.29, 0.717) is 29.1 Å². The van der Waals surface area contributed by atoms with Gasteiger partial charge >= 0.3 is 5.97 Å². The van der Waals surface area contributed by atoms with Gasteiger partial charge in [0, 0.05) is 12.1 Å². The third kappa shape index (κ3) is 5.48. The minimum Gasteiger partial charge on any atom is -0.462 e. The predicted octanol–water partition coefficient (Wildman–Crippen LogP) is 4.93. The van der Waals surface area contributed by atoms with E-state index in [2.05, 4.69) is 17.4 Å². The van der Waals surface area contributed by atoms with Crippen LogP contribution in [0.15, 0.2) is 78.9 Å². The molecule has 0 spiro atoms. The van der Waals surface area contributed by atoms with Crippen molar-refractivity contribution < 1.29 is 19.1 Å². The number of rotatable bonds is 8. The maximum absolute atomic E-state index is 12.8. The van der Waals surface area contributed by atoms with E-state index >= 15 is 0 Å². The molecule has 1 saturated heterocycles. The molecule has 0 bridgehead atoms. The fourth-order valence-electron chi connectivity index (χ4n) is 3.84. The third-order valence-corrected chi connectivity index (χ3v) is 6.84. The Morgan fingerprint density at radius 2 is 1.71 bits per heavy atom. The number of nitrogens with one attached hydrogen (secondary N) is 1. The highest BCUT2D eigenvalue weighted by Crippen LogP contribution is 2.38. The smallest absolute Gasteiger partial charge is 0.340 e. The fourth-order valence-corrected chi connectivity index (χ4v) is 5.06. The Morgan fingerprint density at radius 1 is 1.00 bits per heavy atom. The average Bonchev–Trinajstić information content (AvgIpc) is 3.24. The molecule has 1 N–H and O–H groups in total. The molecule has 3 aromatic rings. The molecule has 2 amide bonds. The second-order valence-corrected chi connectivity index (χ2v) is 8.90. The molecule has 0 unspecified atom stereocenters. The average molecular weight is 475 g/mol. The SMILES string of the molecule is CCOC(=O)c1ccccc1NC(=O)c1ccc([C@H]2SCC(=O)N2CCc2ccccc2)cc1. The number of carbonyl (C=O) groups is 3. The zero-order valence-corrected chi connectivity index (χ0v) is 19.7. The first-order valence-corrected chi connectivity index (χ1v) is 12.2. The Morgan fingerprint density at radius 3 is 2.44 bits per heavy atom. The van der Waals surface area contributed by atoms with Crippen molar-refractivity contribution >= 4 is 35.2 Å². The van der Waals surface area contributed by atoms with E-state index in [9.17, 15) is 14.4 Å². The highest BCUT2D eigenvalue weighted by Gasteiger charge is 2.32. The lowest BCUT2D eigenvalue weighted by Crippen LogP contribution is -2.30. The predicted molar refractivity (Wildman–Crippen MR) is 134 cm³/mol. The van der Waals surface area contributed by atoms with E-state index in [1.165, 1.54) is 5.56 Å². The molecule has 34 heavy (non-hydrogen) atoms. The number of para-hydroxylation sites is 1. The Kier molecular flexibility index (Phi) is 7.65. The molecule has 4 rings (SSSR count). The van der Waals surface area contributed by atoms with Crippen LogP contribution in [0, 0.1) is 0 Å². The van der Waals surface area contributed by atoms with Crippen molar-refractivity contribution in [3.63, 3.8) is 0 Å². The first kappa shape index (κ1) is 23.6. The van der Waals surface area contributed by atoms with Crippen LogP contribution in [0.4, 0.5) is 5.69 Å². The van der Waals surface area contributed by atoms with Crippen LogP contribution in [-0.2, 0) is 16.0 Å². The standard InChI is InChI=1S/C27H26N2O4S/c1-2-33-27(32)22-10-6-7-11-23(22)28-25(31)20-12-14-21(15-13-20)26-29(24(30)18-34-26)17-16-19-8-4-3-5-9-19/h3-15,26H,2,16-18H2,1H3,(H,28,31)/t26-/m1/s1. The van der Waals surface area contributed by atoms with Gasteiger partial charge in [-0.25, -0.2) is 4.79 Å². The minimum absolute atomic E-state index is 0.0714. The molecule has 1 atom stereocenters. The largest absolute Gasteiger partial charge is 0.462 e. The fraction of sp³-hybridized carbons (Fsp3) is 0.222. The van der Waals surface area contributed by atoms with Crippen LogP contribution >= 0.6 is 11.8 Å². The van der Waals surface area contributed by atoms with Gasteiger partial charge in [-0.3, -0.25) is 9.59 Å². The normalized spacial score (nSPS) is 15.3. The number of hydrogen-bond acceptors (Lipinski definition) is 5. The molecule has 1 fully saturated rings. The van der Waals surface area contributed by atoms with Crippen LogP contribution in [0.1, 0.15) is 44.1 Å². The quantitative estimate of drug-likeness (QED) is 0.469. The summed E-state index contributed by atoms with van der Waals surface area (Å²) in [6, 6.07) is 24.1. The highest BCUT2D eigenvalue weighted by atomic mass is 32.2. The van der Waals surface area contributed by atoms with Crippen molar-refractivity contribution in [1.29, 1.82) is 0 Å². The zero-order chi connectivity index (χ0) is 23.9. The van der Waals surface area contributed by atoms with Gasteiger partial charge < -0.3 is 15.0 Å². The summed E-state index contributed by atoms with van der Waals surface area (Å²) in [5.41, 5.74) is 3.35. The van der Waals surface area contributed by atoms with Crippen LogP contribution < -0.4 is 5.32 Å². The van der Waals surface area contributed by atoms with Crippen LogP contribution in [-0.4, -0.2) is 41.6 Å². The molecule has 174 valence electrons. The number of amides is 2. The molecule has 0 aromatic heterocycles. The number of hydrogen-bond donors (Lipinski definition) is 1. The van der Waals surface area contributed by atoms with Gasteiger partial charge in [-0.05, 0) is 48.7 Å². The summed E-state index contributed by atoms with van der Waals surface area (Å²) in [4.78, 5) is 39.4. The van der Waals surface area contributed by atoms with Gasteiger partial charge in [-0.2, -0.15) is 0 Å². The van der Waals surface area contributed by atoms with E-state index in [0.717, 1.165) is 12.0 Å². The monoisotopic (exact) mass is 474 g/mol. The van der Waals surface area contributed by atoms with Gasteiger partial charge in [-0.15, -0.1) is 11.8 Å². The van der Waals surface area contributed by atoms with Gasteiger partial charge in [0.25, 0.3) is 5.91 Å². The van der Waals surface area contributed by atoms with Crippen molar-refractivity contribution in [2.24, 2.45) is 0 Å². The van der Waals surface area contributed by atoms with Crippen molar-refractivity contribution in [3.05, 3.63) is 101 Å². The first-order valence-electron chi connectivity index (χ1n) is 11.2. The number of ether oxygens (including phenoxy) is 1.